The number of aromatic nitrogens is 3. The van der Waals surface area contributed by atoms with Crippen molar-refractivity contribution in [1.29, 1.82) is 0 Å². The summed E-state index contributed by atoms with van der Waals surface area (Å²) in [6.45, 7) is 2.50. The quantitative estimate of drug-likeness (QED) is 0.194. The lowest BCUT2D eigenvalue weighted by Crippen LogP contribution is -2.11. The van der Waals surface area contributed by atoms with E-state index in [1.54, 1.807) is 24.8 Å². The first-order valence-corrected chi connectivity index (χ1v) is 12.9. The second-order valence-corrected chi connectivity index (χ2v) is 9.49. The van der Waals surface area contributed by atoms with Crippen LogP contribution < -0.4 is 4.74 Å². The number of methoxy groups -OCH3 is 3. The smallest absolute Gasteiger partial charge is 0.354 e. The first kappa shape index (κ1) is 27.5. The van der Waals surface area contributed by atoms with Crippen molar-refractivity contribution >= 4 is 46.0 Å². The highest BCUT2D eigenvalue weighted by Gasteiger charge is 2.28. The molecule has 0 aliphatic heterocycles. The molecule has 0 aliphatic rings. The molecule has 2 aromatic heterocycles. The van der Waals surface area contributed by atoms with Crippen LogP contribution in [0, 0.1) is 6.92 Å². The summed E-state index contributed by atoms with van der Waals surface area (Å²) >= 11 is 13.2. The van der Waals surface area contributed by atoms with E-state index in [2.05, 4.69) is 0 Å². The summed E-state index contributed by atoms with van der Waals surface area (Å²) in [5, 5.41) is 6.09. The highest BCUT2D eigenvalue weighted by Crippen LogP contribution is 2.42. The minimum Gasteiger partial charge on any atom is -0.497 e. The Kier molecular flexibility index (Phi) is 8.33. The Labute approximate surface area is 231 Å². The maximum atomic E-state index is 12.9. The largest absolute Gasteiger partial charge is 0.497 e. The minimum atomic E-state index is -0.505. The molecule has 200 valence electrons. The van der Waals surface area contributed by atoms with Gasteiger partial charge in [-0.15, -0.1) is 11.6 Å². The molecule has 0 bridgehead atoms. The second-order valence-electron chi connectivity index (χ2n) is 8.82. The van der Waals surface area contributed by atoms with Crippen LogP contribution in [0.5, 0.6) is 5.75 Å². The number of halogens is 2. The first-order valence-electron chi connectivity index (χ1n) is 12.0. The number of alkyl halides is 1. The Hall–Kier alpha value is -3.49. The van der Waals surface area contributed by atoms with Crippen molar-refractivity contribution in [3.63, 3.8) is 0 Å². The molecule has 0 unspecified atom stereocenters. The molecule has 38 heavy (non-hydrogen) atoms. The van der Waals surface area contributed by atoms with Crippen LogP contribution in [-0.4, -0.2) is 47.6 Å². The summed E-state index contributed by atoms with van der Waals surface area (Å²) in [6.07, 6.45) is 0.414. The van der Waals surface area contributed by atoms with Crippen LogP contribution in [0.4, 0.5) is 0 Å². The van der Waals surface area contributed by atoms with Gasteiger partial charge in [-0.1, -0.05) is 29.8 Å². The number of benzene rings is 2. The van der Waals surface area contributed by atoms with Crippen LogP contribution in [-0.2, 0) is 40.2 Å². The fourth-order valence-corrected chi connectivity index (χ4v) is 5.30. The van der Waals surface area contributed by atoms with Gasteiger partial charge < -0.3 is 18.8 Å². The zero-order valence-electron chi connectivity index (χ0n) is 21.9. The number of fused-ring (bicyclic) bond motifs is 1. The predicted octanol–water partition coefficient (Wildman–Crippen LogP) is 5.69. The van der Waals surface area contributed by atoms with Crippen LogP contribution in [0.25, 0.3) is 22.0 Å². The molecule has 0 aliphatic carbocycles. The van der Waals surface area contributed by atoms with Gasteiger partial charge >= 0.3 is 11.9 Å². The summed E-state index contributed by atoms with van der Waals surface area (Å²) in [4.78, 5) is 24.8. The third kappa shape index (κ3) is 4.98. The van der Waals surface area contributed by atoms with Crippen molar-refractivity contribution in [1.82, 2.24) is 14.3 Å². The van der Waals surface area contributed by atoms with Gasteiger partial charge in [0.1, 0.15) is 11.4 Å². The van der Waals surface area contributed by atoms with Gasteiger partial charge in [0, 0.05) is 35.7 Å². The van der Waals surface area contributed by atoms with Gasteiger partial charge in [0.2, 0.25) is 0 Å². The minimum absolute atomic E-state index is 0.114. The zero-order valence-corrected chi connectivity index (χ0v) is 23.4. The Morgan fingerprint density at radius 2 is 1.71 bits per heavy atom. The lowest BCUT2D eigenvalue weighted by Gasteiger charge is -2.12. The standard InChI is InChI=1S/C28H29Cl2N3O5/c1-16-24(22(14-29)31-33(16)15-17-6-8-18(36-3)9-7-17)25-21(30)12-10-19-20(11-13-23(34)37-4)27(28(35)38-5)32(2)26(19)25/h6-10,12H,11,13-15H2,1-5H3. The topological polar surface area (TPSA) is 84.6 Å². The van der Waals surface area contributed by atoms with Gasteiger partial charge in [-0.2, -0.15) is 5.10 Å². The Balaban J connectivity index is 1.92. The molecule has 4 aromatic rings. The SMILES string of the molecule is COC(=O)CCc1c(C(=O)OC)n(C)c2c(-c3c(CCl)nn(Cc4ccc(OC)cc4)c3C)c(Cl)ccc12. The van der Waals surface area contributed by atoms with E-state index < -0.39 is 5.97 Å². The zero-order chi connectivity index (χ0) is 27.6. The molecule has 10 heteroatoms. The van der Waals surface area contributed by atoms with Gasteiger partial charge in [-0.05, 0) is 42.7 Å². The van der Waals surface area contributed by atoms with Crippen LogP contribution in [0.3, 0.4) is 0 Å². The van der Waals surface area contributed by atoms with E-state index >= 15 is 0 Å². The number of esters is 2. The summed E-state index contributed by atoms with van der Waals surface area (Å²) in [5.74, 6) is 0.0731. The average Bonchev–Trinajstić information content (AvgIpc) is 3.39. The predicted molar refractivity (Wildman–Crippen MR) is 147 cm³/mol. The van der Waals surface area contributed by atoms with Crippen LogP contribution in [0.1, 0.15) is 39.4 Å². The third-order valence-corrected chi connectivity index (χ3v) is 7.31. The van der Waals surface area contributed by atoms with E-state index in [4.69, 9.17) is 42.5 Å². The van der Waals surface area contributed by atoms with Crippen LogP contribution >= 0.6 is 23.2 Å². The van der Waals surface area contributed by atoms with E-state index in [1.807, 2.05) is 41.9 Å². The second kappa shape index (κ2) is 11.5. The van der Waals surface area contributed by atoms with Crippen LogP contribution in [0.2, 0.25) is 5.02 Å². The molecular formula is C28H29Cl2N3O5. The number of ether oxygens (including phenoxy) is 3. The van der Waals surface area contributed by atoms with Crippen molar-refractivity contribution in [3.05, 3.63) is 69.6 Å². The number of rotatable bonds is 9. The van der Waals surface area contributed by atoms with Crippen molar-refractivity contribution < 1.29 is 23.8 Å². The fraction of sp³-hybridized carbons (Fsp3) is 0.321. The van der Waals surface area contributed by atoms with Gasteiger partial charge in [0.15, 0.2) is 0 Å². The van der Waals surface area contributed by atoms with Crippen molar-refractivity contribution in [2.75, 3.05) is 21.3 Å². The number of carbonyl (C=O) groups excluding carboxylic acids is 2. The maximum Gasteiger partial charge on any atom is 0.354 e. The molecule has 0 fully saturated rings. The highest BCUT2D eigenvalue weighted by molar-refractivity contribution is 6.35. The molecule has 0 amide bonds. The Bertz CT molecular complexity index is 1510. The first-order chi connectivity index (χ1) is 18.2. The number of aryl methyl sites for hydroxylation is 2. The highest BCUT2D eigenvalue weighted by atomic mass is 35.5. The van der Waals surface area contributed by atoms with E-state index in [0.29, 0.717) is 34.9 Å². The van der Waals surface area contributed by atoms with Crippen molar-refractivity contribution in [2.45, 2.75) is 32.2 Å². The number of carbonyl (C=O) groups is 2. The molecule has 2 heterocycles. The normalized spacial score (nSPS) is 11.1. The van der Waals surface area contributed by atoms with Crippen molar-refractivity contribution in [3.8, 4) is 16.9 Å². The molecule has 0 spiro atoms. The van der Waals surface area contributed by atoms with Gasteiger partial charge in [0.05, 0.1) is 50.0 Å². The van der Waals surface area contributed by atoms with E-state index in [1.165, 1.54) is 14.2 Å². The molecule has 0 N–H and O–H groups in total. The molecule has 0 saturated heterocycles. The maximum absolute atomic E-state index is 12.9. The van der Waals surface area contributed by atoms with E-state index in [9.17, 15) is 9.59 Å². The lowest BCUT2D eigenvalue weighted by atomic mass is 9.98. The average molecular weight is 558 g/mol. The fourth-order valence-electron chi connectivity index (χ4n) is 4.86. The lowest BCUT2D eigenvalue weighted by molar-refractivity contribution is -0.140. The van der Waals surface area contributed by atoms with Gasteiger partial charge in [-0.25, -0.2) is 4.79 Å². The van der Waals surface area contributed by atoms with Crippen LogP contribution in [0.15, 0.2) is 36.4 Å². The Morgan fingerprint density at radius 3 is 2.32 bits per heavy atom. The molecule has 8 nitrogen and oxygen atoms in total. The molecule has 0 atom stereocenters. The van der Waals surface area contributed by atoms with Gasteiger partial charge in [-0.3, -0.25) is 9.48 Å². The van der Waals surface area contributed by atoms with Crippen molar-refractivity contribution in [2.24, 2.45) is 7.05 Å². The summed E-state index contributed by atoms with van der Waals surface area (Å²) in [6, 6.07) is 11.4. The molecular weight excluding hydrogens is 529 g/mol. The Morgan fingerprint density at radius 1 is 1.00 bits per heavy atom. The van der Waals surface area contributed by atoms with Gasteiger partial charge in [0.25, 0.3) is 0 Å². The monoisotopic (exact) mass is 557 g/mol. The number of hydrogen-bond acceptors (Lipinski definition) is 6. The number of hydrogen-bond donors (Lipinski definition) is 0. The summed E-state index contributed by atoms with van der Waals surface area (Å²) in [7, 11) is 6.08. The molecule has 0 saturated carbocycles. The molecule has 4 rings (SSSR count). The van der Waals surface area contributed by atoms with E-state index in [0.717, 1.165) is 39.0 Å². The number of nitrogens with zero attached hydrogens (tertiary/aromatic N) is 3. The van der Waals surface area contributed by atoms with E-state index in [-0.39, 0.29) is 18.3 Å². The summed E-state index contributed by atoms with van der Waals surface area (Å²) in [5.41, 5.74) is 5.89. The molecule has 0 radical (unpaired) electrons. The third-order valence-electron chi connectivity index (χ3n) is 6.74. The summed E-state index contributed by atoms with van der Waals surface area (Å²) < 4.78 is 18.9. The molecule has 2 aromatic carbocycles.